The first-order valence-electron chi connectivity index (χ1n) is 4.21. The third-order valence-corrected chi connectivity index (χ3v) is 1.78. The fourth-order valence-corrected chi connectivity index (χ4v) is 1.07. The van der Waals surface area contributed by atoms with E-state index in [4.69, 9.17) is 5.73 Å². The molecule has 0 unspecified atom stereocenters. The Morgan fingerprint density at radius 2 is 2.23 bits per heavy atom. The molecule has 0 aliphatic rings. The number of aryl methyl sites for hydroxylation is 1. The second-order valence-corrected chi connectivity index (χ2v) is 2.82. The molecule has 70 valence electrons. The largest absolute Gasteiger partial charge is 0.384 e. The van der Waals surface area contributed by atoms with Crippen LogP contribution < -0.4 is 5.73 Å². The van der Waals surface area contributed by atoms with E-state index >= 15 is 0 Å². The van der Waals surface area contributed by atoms with Crippen molar-refractivity contribution in [3.63, 3.8) is 0 Å². The predicted molar refractivity (Wildman–Crippen MR) is 52.4 cm³/mol. The van der Waals surface area contributed by atoms with Crippen LogP contribution in [0.5, 0.6) is 0 Å². The van der Waals surface area contributed by atoms with Crippen LogP contribution in [0.2, 0.25) is 0 Å². The SMILES string of the molecule is CCN=C(N)c1ccc(F)c(C)c1. The van der Waals surface area contributed by atoms with Gasteiger partial charge < -0.3 is 5.73 Å². The minimum atomic E-state index is -0.215. The lowest BCUT2D eigenvalue weighted by molar-refractivity contribution is 0.618. The number of amidine groups is 1. The van der Waals surface area contributed by atoms with Gasteiger partial charge in [0, 0.05) is 12.1 Å². The maximum absolute atomic E-state index is 12.9. The molecule has 0 aliphatic heterocycles. The van der Waals surface area contributed by atoms with Gasteiger partial charge in [0.05, 0.1) is 0 Å². The minimum absolute atomic E-state index is 0.215. The Hall–Kier alpha value is -1.38. The van der Waals surface area contributed by atoms with Crippen LogP contribution in [0.3, 0.4) is 0 Å². The predicted octanol–water partition coefficient (Wildman–Crippen LogP) is 1.86. The van der Waals surface area contributed by atoms with E-state index < -0.39 is 0 Å². The van der Waals surface area contributed by atoms with Gasteiger partial charge in [-0.2, -0.15) is 0 Å². The molecule has 0 aromatic heterocycles. The molecule has 3 heteroatoms. The summed E-state index contributed by atoms with van der Waals surface area (Å²) in [5.41, 5.74) is 7.02. The molecule has 0 heterocycles. The van der Waals surface area contributed by atoms with Crippen LogP contribution in [0.15, 0.2) is 23.2 Å². The number of rotatable bonds is 2. The fraction of sp³-hybridized carbons (Fsp3) is 0.300. The lowest BCUT2D eigenvalue weighted by atomic mass is 10.1. The minimum Gasteiger partial charge on any atom is -0.384 e. The van der Waals surface area contributed by atoms with Gasteiger partial charge in [-0.05, 0) is 37.6 Å². The molecular formula is C10H13FN2. The average Bonchev–Trinajstić information content (AvgIpc) is 2.10. The second kappa shape index (κ2) is 4.03. The highest BCUT2D eigenvalue weighted by Crippen LogP contribution is 2.08. The van der Waals surface area contributed by atoms with E-state index in [1.807, 2.05) is 6.92 Å². The van der Waals surface area contributed by atoms with Gasteiger partial charge in [-0.25, -0.2) is 4.39 Å². The van der Waals surface area contributed by atoms with Crippen molar-refractivity contribution < 1.29 is 4.39 Å². The lowest BCUT2D eigenvalue weighted by Gasteiger charge is -2.02. The summed E-state index contributed by atoms with van der Waals surface area (Å²) in [7, 11) is 0. The summed E-state index contributed by atoms with van der Waals surface area (Å²) in [6, 6.07) is 4.74. The van der Waals surface area contributed by atoms with Crippen molar-refractivity contribution in [2.75, 3.05) is 6.54 Å². The zero-order valence-electron chi connectivity index (χ0n) is 7.84. The molecule has 0 atom stereocenters. The molecule has 0 aliphatic carbocycles. The van der Waals surface area contributed by atoms with Crippen LogP contribution in [0.1, 0.15) is 18.1 Å². The van der Waals surface area contributed by atoms with Crippen LogP contribution in [-0.4, -0.2) is 12.4 Å². The summed E-state index contributed by atoms with van der Waals surface area (Å²) in [6.45, 7) is 4.25. The van der Waals surface area contributed by atoms with Crippen molar-refractivity contribution >= 4 is 5.84 Å². The van der Waals surface area contributed by atoms with Crippen LogP contribution in [0.25, 0.3) is 0 Å². The summed E-state index contributed by atoms with van der Waals surface area (Å²) in [4.78, 5) is 4.04. The molecule has 0 radical (unpaired) electrons. The molecule has 0 saturated carbocycles. The van der Waals surface area contributed by atoms with E-state index in [1.54, 1.807) is 19.1 Å². The number of nitrogens with zero attached hydrogens (tertiary/aromatic N) is 1. The zero-order chi connectivity index (χ0) is 9.84. The van der Waals surface area contributed by atoms with Crippen molar-refractivity contribution in [2.45, 2.75) is 13.8 Å². The van der Waals surface area contributed by atoms with Crippen LogP contribution >= 0.6 is 0 Å². The second-order valence-electron chi connectivity index (χ2n) is 2.82. The van der Waals surface area contributed by atoms with Gasteiger partial charge in [-0.1, -0.05) is 0 Å². The Morgan fingerprint density at radius 1 is 1.54 bits per heavy atom. The van der Waals surface area contributed by atoms with Crippen LogP contribution in [-0.2, 0) is 0 Å². The van der Waals surface area contributed by atoms with Crippen molar-refractivity contribution in [3.8, 4) is 0 Å². The van der Waals surface area contributed by atoms with E-state index in [1.165, 1.54) is 6.07 Å². The summed E-state index contributed by atoms with van der Waals surface area (Å²) in [5, 5.41) is 0. The molecule has 2 N–H and O–H groups in total. The molecule has 0 saturated heterocycles. The molecule has 2 nitrogen and oxygen atoms in total. The number of nitrogens with two attached hydrogens (primary N) is 1. The van der Waals surface area contributed by atoms with Gasteiger partial charge in [-0.3, -0.25) is 4.99 Å². The molecule has 1 rings (SSSR count). The summed E-state index contributed by atoms with van der Waals surface area (Å²) in [6.07, 6.45) is 0. The van der Waals surface area contributed by atoms with Crippen LogP contribution in [0.4, 0.5) is 4.39 Å². The summed E-state index contributed by atoms with van der Waals surface area (Å²) < 4.78 is 12.9. The Bertz CT molecular complexity index is 332. The maximum atomic E-state index is 12.9. The van der Waals surface area contributed by atoms with E-state index in [9.17, 15) is 4.39 Å². The first kappa shape index (κ1) is 9.71. The van der Waals surface area contributed by atoms with E-state index in [0.29, 0.717) is 17.9 Å². The molecule has 1 aromatic rings. The van der Waals surface area contributed by atoms with E-state index in [0.717, 1.165) is 5.56 Å². The number of aliphatic imine (C=N–C) groups is 1. The molecule has 0 bridgehead atoms. The highest BCUT2D eigenvalue weighted by molar-refractivity contribution is 5.97. The van der Waals surface area contributed by atoms with E-state index in [-0.39, 0.29) is 5.82 Å². The molecule has 1 aromatic carbocycles. The highest BCUT2D eigenvalue weighted by atomic mass is 19.1. The quantitative estimate of drug-likeness (QED) is 0.547. The lowest BCUT2D eigenvalue weighted by Crippen LogP contribution is -2.13. The van der Waals surface area contributed by atoms with E-state index in [2.05, 4.69) is 4.99 Å². The number of halogens is 1. The van der Waals surface area contributed by atoms with Gasteiger partial charge in [0.2, 0.25) is 0 Å². The monoisotopic (exact) mass is 180 g/mol. The molecular weight excluding hydrogens is 167 g/mol. The Balaban J connectivity index is 3.04. The molecule has 0 fully saturated rings. The molecule has 0 spiro atoms. The third-order valence-electron chi connectivity index (χ3n) is 1.78. The Kier molecular flexibility index (Phi) is 3.01. The highest BCUT2D eigenvalue weighted by Gasteiger charge is 2.01. The summed E-state index contributed by atoms with van der Waals surface area (Å²) >= 11 is 0. The third kappa shape index (κ3) is 2.28. The molecule has 13 heavy (non-hydrogen) atoms. The first-order chi connectivity index (χ1) is 6.15. The normalized spacial score (nSPS) is 11.8. The number of hydrogen-bond acceptors (Lipinski definition) is 1. The summed E-state index contributed by atoms with van der Waals surface area (Å²) in [5.74, 6) is 0.249. The first-order valence-corrected chi connectivity index (χ1v) is 4.21. The smallest absolute Gasteiger partial charge is 0.126 e. The van der Waals surface area contributed by atoms with Gasteiger partial charge in [0.1, 0.15) is 11.7 Å². The van der Waals surface area contributed by atoms with Crippen molar-refractivity contribution in [1.82, 2.24) is 0 Å². The van der Waals surface area contributed by atoms with Gasteiger partial charge >= 0.3 is 0 Å². The maximum Gasteiger partial charge on any atom is 0.126 e. The average molecular weight is 180 g/mol. The Morgan fingerprint density at radius 3 is 2.77 bits per heavy atom. The van der Waals surface area contributed by atoms with Crippen LogP contribution in [0, 0.1) is 12.7 Å². The van der Waals surface area contributed by atoms with Gasteiger partial charge in [0.25, 0.3) is 0 Å². The fourth-order valence-electron chi connectivity index (χ4n) is 1.07. The van der Waals surface area contributed by atoms with Gasteiger partial charge in [0.15, 0.2) is 0 Å². The van der Waals surface area contributed by atoms with Crippen molar-refractivity contribution in [1.29, 1.82) is 0 Å². The van der Waals surface area contributed by atoms with Gasteiger partial charge in [-0.15, -0.1) is 0 Å². The Labute approximate surface area is 77.3 Å². The topological polar surface area (TPSA) is 38.4 Å². The van der Waals surface area contributed by atoms with Crippen molar-refractivity contribution in [2.24, 2.45) is 10.7 Å². The van der Waals surface area contributed by atoms with Crippen molar-refractivity contribution in [3.05, 3.63) is 35.1 Å². The standard InChI is InChI=1S/C10H13FN2/c1-3-13-10(12)8-4-5-9(11)7(2)6-8/h4-6H,3H2,1-2H3,(H2,12,13). The number of benzene rings is 1. The number of hydrogen-bond donors (Lipinski definition) is 1. The zero-order valence-corrected chi connectivity index (χ0v) is 7.84. The molecule has 0 amide bonds.